The van der Waals surface area contributed by atoms with E-state index in [0.717, 1.165) is 30.8 Å². The van der Waals surface area contributed by atoms with E-state index in [1.165, 1.54) is 6.07 Å². The predicted molar refractivity (Wildman–Crippen MR) is 67.0 cm³/mol. The van der Waals surface area contributed by atoms with E-state index in [2.05, 4.69) is 20.4 Å². The average Bonchev–Trinajstić information content (AvgIpc) is 2.98. The van der Waals surface area contributed by atoms with Crippen LogP contribution in [0.1, 0.15) is 24.7 Å². The van der Waals surface area contributed by atoms with Crippen molar-refractivity contribution >= 4 is 0 Å². The third kappa shape index (κ3) is 2.06. The van der Waals surface area contributed by atoms with Crippen LogP contribution < -0.4 is 10.9 Å². The molecule has 1 aliphatic rings. The van der Waals surface area contributed by atoms with Gasteiger partial charge < -0.3 is 10.3 Å². The van der Waals surface area contributed by atoms with Crippen molar-refractivity contribution in [1.82, 2.24) is 25.1 Å². The standard InChI is InChI=1S/C12H15N5O/c1-17-7-8(6-14-17)10-5-11(18)16-12(15-10)9-3-2-4-13-9/h5-7,9,13H,2-4H2,1H3,(H,15,16,18). The molecular weight excluding hydrogens is 230 g/mol. The quantitative estimate of drug-likeness (QED) is 0.812. The van der Waals surface area contributed by atoms with Crippen LogP contribution in [0.25, 0.3) is 11.3 Å². The van der Waals surface area contributed by atoms with Gasteiger partial charge in [-0.1, -0.05) is 0 Å². The molecule has 1 unspecified atom stereocenters. The third-order valence-electron chi connectivity index (χ3n) is 3.15. The largest absolute Gasteiger partial charge is 0.309 e. The first kappa shape index (κ1) is 11.2. The zero-order chi connectivity index (χ0) is 12.5. The highest BCUT2D eigenvalue weighted by Crippen LogP contribution is 2.21. The van der Waals surface area contributed by atoms with Gasteiger partial charge in [0, 0.05) is 24.9 Å². The van der Waals surface area contributed by atoms with Crippen LogP contribution in [-0.4, -0.2) is 26.3 Å². The topological polar surface area (TPSA) is 75.6 Å². The Bertz CT molecular complexity index is 609. The van der Waals surface area contributed by atoms with Crippen molar-refractivity contribution in [2.45, 2.75) is 18.9 Å². The van der Waals surface area contributed by atoms with Crippen LogP contribution in [0.4, 0.5) is 0 Å². The summed E-state index contributed by atoms with van der Waals surface area (Å²) < 4.78 is 1.70. The van der Waals surface area contributed by atoms with Crippen molar-refractivity contribution < 1.29 is 0 Å². The van der Waals surface area contributed by atoms with E-state index in [1.54, 1.807) is 10.9 Å². The highest BCUT2D eigenvalue weighted by Gasteiger charge is 2.19. The summed E-state index contributed by atoms with van der Waals surface area (Å²) in [6, 6.07) is 1.67. The highest BCUT2D eigenvalue weighted by atomic mass is 16.1. The van der Waals surface area contributed by atoms with Crippen LogP contribution in [0.5, 0.6) is 0 Å². The number of rotatable bonds is 2. The number of H-pyrrole nitrogens is 1. The fourth-order valence-electron chi connectivity index (χ4n) is 2.26. The Morgan fingerprint density at radius 2 is 2.39 bits per heavy atom. The van der Waals surface area contributed by atoms with Crippen molar-refractivity contribution in [3.05, 3.63) is 34.6 Å². The molecule has 1 aliphatic heterocycles. The Balaban J connectivity index is 2.02. The maximum atomic E-state index is 11.7. The van der Waals surface area contributed by atoms with E-state index < -0.39 is 0 Å². The molecule has 0 amide bonds. The maximum Gasteiger partial charge on any atom is 0.251 e. The molecule has 0 bridgehead atoms. The molecule has 0 aromatic carbocycles. The van der Waals surface area contributed by atoms with Gasteiger partial charge in [-0.05, 0) is 19.4 Å². The molecule has 2 aromatic heterocycles. The number of aromatic nitrogens is 4. The minimum Gasteiger partial charge on any atom is -0.309 e. The van der Waals surface area contributed by atoms with Gasteiger partial charge in [-0.15, -0.1) is 0 Å². The molecule has 0 spiro atoms. The molecule has 94 valence electrons. The van der Waals surface area contributed by atoms with Crippen molar-refractivity contribution in [1.29, 1.82) is 0 Å². The average molecular weight is 245 g/mol. The van der Waals surface area contributed by atoms with Gasteiger partial charge in [0.05, 0.1) is 17.9 Å². The van der Waals surface area contributed by atoms with Crippen molar-refractivity contribution in [2.24, 2.45) is 7.05 Å². The molecule has 0 radical (unpaired) electrons. The molecule has 0 saturated carbocycles. The number of nitrogens with one attached hydrogen (secondary N) is 2. The Labute approximate surface area is 104 Å². The van der Waals surface area contributed by atoms with Crippen LogP contribution in [-0.2, 0) is 7.05 Å². The summed E-state index contributed by atoms with van der Waals surface area (Å²) in [5.74, 6) is 0.721. The van der Waals surface area contributed by atoms with Crippen molar-refractivity contribution in [2.75, 3.05) is 6.54 Å². The number of aryl methyl sites for hydroxylation is 1. The highest BCUT2D eigenvalue weighted by molar-refractivity contribution is 5.56. The summed E-state index contributed by atoms with van der Waals surface area (Å²) >= 11 is 0. The van der Waals surface area contributed by atoms with Gasteiger partial charge in [-0.3, -0.25) is 9.48 Å². The fraction of sp³-hybridized carbons (Fsp3) is 0.417. The smallest absolute Gasteiger partial charge is 0.251 e. The summed E-state index contributed by atoms with van der Waals surface area (Å²) in [4.78, 5) is 19.0. The van der Waals surface area contributed by atoms with E-state index in [4.69, 9.17) is 0 Å². The third-order valence-corrected chi connectivity index (χ3v) is 3.15. The molecule has 2 N–H and O–H groups in total. The van der Waals surface area contributed by atoms with E-state index in [1.807, 2.05) is 13.2 Å². The maximum absolute atomic E-state index is 11.7. The summed E-state index contributed by atoms with van der Waals surface area (Å²) in [5, 5.41) is 7.43. The zero-order valence-electron chi connectivity index (χ0n) is 10.2. The molecule has 1 atom stereocenters. The van der Waals surface area contributed by atoms with E-state index in [-0.39, 0.29) is 11.6 Å². The van der Waals surface area contributed by atoms with Crippen LogP contribution in [0, 0.1) is 0 Å². The minimum absolute atomic E-state index is 0.118. The number of hydrogen-bond acceptors (Lipinski definition) is 4. The van der Waals surface area contributed by atoms with Crippen molar-refractivity contribution in [3.8, 4) is 11.3 Å². The van der Waals surface area contributed by atoms with Gasteiger partial charge in [0.25, 0.3) is 5.56 Å². The Morgan fingerprint density at radius 3 is 3.06 bits per heavy atom. The van der Waals surface area contributed by atoms with Gasteiger partial charge >= 0.3 is 0 Å². The summed E-state index contributed by atoms with van der Waals surface area (Å²) in [6.07, 6.45) is 5.70. The van der Waals surface area contributed by atoms with Gasteiger partial charge in [0.15, 0.2) is 0 Å². The number of nitrogens with zero attached hydrogens (tertiary/aromatic N) is 3. The van der Waals surface area contributed by atoms with Crippen LogP contribution >= 0.6 is 0 Å². The number of hydrogen-bond donors (Lipinski definition) is 2. The lowest BCUT2D eigenvalue weighted by atomic mass is 10.2. The minimum atomic E-state index is -0.118. The monoisotopic (exact) mass is 245 g/mol. The van der Waals surface area contributed by atoms with Gasteiger partial charge in [-0.2, -0.15) is 5.10 Å². The van der Waals surface area contributed by atoms with E-state index in [0.29, 0.717) is 5.69 Å². The Kier molecular flexibility index (Phi) is 2.71. The Morgan fingerprint density at radius 1 is 1.50 bits per heavy atom. The fourth-order valence-corrected chi connectivity index (χ4v) is 2.26. The van der Waals surface area contributed by atoms with Crippen molar-refractivity contribution in [3.63, 3.8) is 0 Å². The SMILES string of the molecule is Cn1cc(-c2cc(=O)[nH]c(C3CCCN3)n2)cn1. The molecule has 0 aliphatic carbocycles. The molecule has 2 aromatic rings. The van der Waals surface area contributed by atoms with Gasteiger partial charge in [0.2, 0.25) is 0 Å². The summed E-state index contributed by atoms with van der Waals surface area (Å²) in [7, 11) is 1.84. The number of aromatic amines is 1. The lowest BCUT2D eigenvalue weighted by molar-refractivity contribution is 0.603. The van der Waals surface area contributed by atoms with Gasteiger partial charge in [-0.25, -0.2) is 4.98 Å². The van der Waals surface area contributed by atoms with Crippen LogP contribution in [0.3, 0.4) is 0 Å². The molecule has 3 rings (SSSR count). The first-order valence-corrected chi connectivity index (χ1v) is 6.06. The molecule has 6 nitrogen and oxygen atoms in total. The molecule has 3 heterocycles. The summed E-state index contributed by atoms with van der Waals surface area (Å²) in [5.41, 5.74) is 1.42. The molecule has 1 fully saturated rings. The lowest BCUT2D eigenvalue weighted by Crippen LogP contribution is -2.20. The molecular formula is C12H15N5O. The first-order valence-electron chi connectivity index (χ1n) is 6.06. The first-order chi connectivity index (χ1) is 8.72. The second kappa shape index (κ2) is 4.38. The normalized spacial score (nSPS) is 19.3. The van der Waals surface area contributed by atoms with Crippen LogP contribution in [0.2, 0.25) is 0 Å². The van der Waals surface area contributed by atoms with Crippen LogP contribution in [0.15, 0.2) is 23.3 Å². The predicted octanol–water partition coefficient (Wildman–Crippen LogP) is 0.595. The molecule has 6 heteroatoms. The second-order valence-corrected chi connectivity index (χ2v) is 4.57. The Hall–Kier alpha value is -1.95. The molecule has 1 saturated heterocycles. The molecule has 18 heavy (non-hydrogen) atoms. The van der Waals surface area contributed by atoms with E-state index in [9.17, 15) is 4.79 Å². The van der Waals surface area contributed by atoms with Gasteiger partial charge in [0.1, 0.15) is 5.82 Å². The van der Waals surface area contributed by atoms with E-state index >= 15 is 0 Å². The second-order valence-electron chi connectivity index (χ2n) is 4.57. The summed E-state index contributed by atoms with van der Waals surface area (Å²) in [6.45, 7) is 0.978. The zero-order valence-corrected chi connectivity index (χ0v) is 10.2. The lowest BCUT2D eigenvalue weighted by Gasteiger charge is -2.09.